The molecule has 1 heteroatoms. The summed E-state index contributed by atoms with van der Waals surface area (Å²) >= 11 is 0. The molecule has 0 amide bonds. The van der Waals surface area contributed by atoms with Crippen molar-refractivity contribution in [3.63, 3.8) is 0 Å². The summed E-state index contributed by atoms with van der Waals surface area (Å²) in [5.41, 5.74) is 4.02. The summed E-state index contributed by atoms with van der Waals surface area (Å²) in [6, 6.07) is 24.6. The highest BCUT2D eigenvalue weighted by atomic mass is 16.1. The maximum Gasteiger partial charge on any atom is 0.193 e. The van der Waals surface area contributed by atoms with Crippen LogP contribution in [0.25, 0.3) is 11.1 Å². The summed E-state index contributed by atoms with van der Waals surface area (Å²) in [5, 5.41) is 0. The molecular formula is C21H14O. The fraction of sp³-hybridized carbons (Fsp3) is 0. The summed E-state index contributed by atoms with van der Waals surface area (Å²) in [6.45, 7) is 0. The van der Waals surface area contributed by atoms with Gasteiger partial charge in [-0.25, -0.2) is 0 Å². The Bertz CT molecular complexity index is 854. The SMILES string of the molecule is C#Cc1cccc(-c2ccccc2C(=O)c2ccccc2)c1. The number of ketones is 1. The third-order valence-electron chi connectivity index (χ3n) is 3.55. The topological polar surface area (TPSA) is 17.1 Å². The molecule has 0 atom stereocenters. The molecule has 0 saturated heterocycles. The lowest BCUT2D eigenvalue weighted by Gasteiger charge is -2.09. The van der Waals surface area contributed by atoms with Crippen LogP contribution in [0.3, 0.4) is 0 Å². The molecule has 0 aromatic heterocycles. The average molecular weight is 282 g/mol. The first-order valence-corrected chi connectivity index (χ1v) is 7.05. The van der Waals surface area contributed by atoms with Crippen molar-refractivity contribution in [1.82, 2.24) is 0 Å². The van der Waals surface area contributed by atoms with Gasteiger partial charge in [0.2, 0.25) is 0 Å². The lowest BCUT2D eigenvalue weighted by atomic mass is 9.93. The van der Waals surface area contributed by atoms with Crippen molar-refractivity contribution in [2.75, 3.05) is 0 Å². The van der Waals surface area contributed by atoms with Gasteiger partial charge in [-0.2, -0.15) is 0 Å². The van der Waals surface area contributed by atoms with Crippen molar-refractivity contribution in [2.24, 2.45) is 0 Å². The Labute approximate surface area is 130 Å². The van der Waals surface area contributed by atoms with Crippen LogP contribution >= 0.6 is 0 Å². The first kappa shape index (κ1) is 13.9. The summed E-state index contributed by atoms with van der Waals surface area (Å²) < 4.78 is 0. The van der Waals surface area contributed by atoms with Crippen molar-refractivity contribution in [2.45, 2.75) is 0 Å². The van der Waals surface area contributed by atoms with E-state index in [1.807, 2.05) is 78.9 Å². The Kier molecular flexibility index (Phi) is 3.85. The molecule has 0 aliphatic carbocycles. The molecule has 0 fully saturated rings. The minimum Gasteiger partial charge on any atom is -0.289 e. The molecule has 0 spiro atoms. The molecule has 0 unspecified atom stereocenters. The van der Waals surface area contributed by atoms with Gasteiger partial charge >= 0.3 is 0 Å². The van der Waals surface area contributed by atoms with Gasteiger partial charge in [-0.15, -0.1) is 6.42 Å². The lowest BCUT2D eigenvalue weighted by Crippen LogP contribution is -2.03. The zero-order valence-corrected chi connectivity index (χ0v) is 12.0. The molecule has 0 aliphatic rings. The number of rotatable bonds is 3. The predicted molar refractivity (Wildman–Crippen MR) is 89.7 cm³/mol. The van der Waals surface area contributed by atoms with Gasteiger partial charge in [0.1, 0.15) is 0 Å². The molecule has 1 nitrogen and oxygen atoms in total. The molecule has 3 aromatic rings. The Morgan fingerprint density at radius 1 is 0.818 bits per heavy atom. The van der Waals surface area contributed by atoms with Gasteiger partial charge in [0.25, 0.3) is 0 Å². The third kappa shape index (κ3) is 2.68. The molecular weight excluding hydrogens is 268 g/mol. The van der Waals surface area contributed by atoms with Crippen LogP contribution in [0, 0.1) is 12.3 Å². The van der Waals surface area contributed by atoms with Crippen molar-refractivity contribution >= 4 is 5.78 Å². The van der Waals surface area contributed by atoms with Gasteiger partial charge in [-0.05, 0) is 23.3 Å². The molecule has 0 N–H and O–H groups in total. The minimum atomic E-state index is 0.0160. The number of hydrogen-bond acceptors (Lipinski definition) is 1. The maximum absolute atomic E-state index is 12.8. The lowest BCUT2D eigenvalue weighted by molar-refractivity contribution is 0.103. The standard InChI is InChI=1S/C21H14O/c1-2-16-9-8-12-18(15-16)19-13-6-7-14-20(19)21(22)17-10-4-3-5-11-17/h1,3-15H. The van der Waals surface area contributed by atoms with E-state index < -0.39 is 0 Å². The van der Waals surface area contributed by atoms with Crippen LogP contribution in [0.1, 0.15) is 21.5 Å². The third-order valence-corrected chi connectivity index (χ3v) is 3.55. The Balaban J connectivity index is 2.11. The van der Waals surface area contributed by atoms with Crippen LogP contribution in [0.5, 0.6) is 0 Å². The van der Waals surface area contributed by atoms with E-state index in [-0.39, 0.29) is 5.78 Å². The van der Waals surface area contributed by atoms with Crippen LogP contribution in [-0.2, 0) is 0 Å². The van der Waals surface area contributed by atoms with Gasteiger partial charge in [0.05, 0.1) is 0 Å². The molecule has 0 aliphatic heterocycles. The van der Waals surface area contributed by atoms with E-state index in [0.29, 0.717) is 11.1 Å². The maximum atomic E-state index is 12.8. The zero-order valence-electron chi connectivity index (χ0n) is 12.0. The molecule has 0 bridgehead atoms. The van der Waals surface area contributed by atoms with Crippen LogP contribution in [-0.4, -0.2) is 5.78 Å². The first-order chi connectivity index (χ1) is 10.8. The predicted octanol–water partition coefficient (Wildman–Crippen LogP) is 4.57. The van der Waals surface area contributed by atoms with Crippen LogP contribution < -0.4 is 0 Å². The van der Waals surface area contributed by atoms with E-state index in [1.165, 1.54) is 0 Å². The normalized spacial score (nSPS) is 9.95. The molecule has 3 rings (SSSR count). The van der Waals surface area contributed by atoms with E-state index in [2.05, 4.69) is 5.92 Å². The highest BCUT2D eigenvalue weighted by molar-refractivity contribution is 6.12. The van der Waals surface area contributed by atoms with Gasteiger partial charge in [-0.3, -0.25) is 4.79 Å². The average Bonchev–Trinajstić information content (AvgIpc) is 2.62. The second-order valence-electron chi connectivity index (χ2n) is 4.97. The van der Waals surface area contributed by atoms with Crippen LogP contribution in [0.2, 0.25) is 0 Å². The van der Waals surface area contributed by atoms with Crippen molar-refractivity contribution in [3.8, 4) is 23.5 Å². The van der Waals surface area contributed by atoms with Crippen molar-refractivity contribution < 1.29 is 4.79 Å². The number of carbonyl (C=O) groups excluding carboxylic acids is 1. The van der Waals surface area contributed by atoms with E-state index in [4.69, 9.17) is 6.42 Å². The Morgan fingerprint density at radius 2 is 1.55 bits per heavy atom. The number of carbonyl (C=O) groups is 1. The van der Waals surface area contributed by atoms with Crippen LogP contribution in [0.4, 0.5) is 0 Å². The van der Waals surface area contributed by atoms with Crippen LogP contribution in [0.15, 0.2) is 78.9 Å². The number of terminal acetylenes is 1. The summed E-state index contributed by atoms with van der Waals surface area (Å²) in [7, 11) is 0. The Morgan fingerprint density at radius 3 is 2.32 bits per heavy atom. The van der Waals surface area contributed by atoms with Crippen molar-refractivity contribution in [1.29, 1.82) is 0 Å². The summed E-state index contributed by atoms with van der Waals surface area (Å²) in [6.07, 6.45) is 5.47. The van der Waals surface area contributed by atoms with Gasteiger partial charge in [0, 0.05) is 16.7 Å². The van der Waals surface area contributed by atoms with E-state index >= 15 is 0 Å². The zero-order chi connectivity index (χ0) is 15.4. The molecule has 0 heterocycles. The largest absolute Gasteiger partial charge is 0.289 e. The quantitative estimate of drug-likeness (QED) is 0.508. The fourth-order valence-electron chi connectivity index (χ4n) is 2.45. The molecule has 3 aromatic carbocycles. The fourth-order valence-corrected chi connectivity index (χ4v) is 2.45. The number of benzene rings is 3. The van der Waals surface area contributed by atoms with Gasteiger partial charge in [-0.1, -0.05) is 72.7 Å². The molecule has 0 saturated carbocycles. The molecule has 0 radical (unpaired) electrons. The van der Waals surface area contributed by atoms with Gasteiger partial charge < -0.3 is 0 Å². The first-order valence-electron chi connectivity index (χ1n) is 7.05. The van der Waals surface area contributed by atoms with Crippen molar-refractivity contribution in [3.05, 3.63) is 95.6 Å². The van der Waals surface area contributed by atoms with E-state index in [0.717, 1.165) is 16.7 Å². The highest BCUT2D eigenvalue weighted by Gasteiger charge is 2.14. The van der Waals surface area contributed by atoms with E-state index in [9.17, 15) is 4.79 Å². The Hall–Kier alpha value is -3.11. The second-order valence-corrected chi connectivity index (χ2v) is 4.97. The highest BCUT2D eigenvalue weighted by Crippen LogP contribution is 2.26. The smallest absolute Gasteiger partial charge is 0.193 e. The summed E-state index contributed by atoms with van der Waals surface area (Å²) in [4.78, 5) is 12.8. The molecule has 22 heavy (non-hydrogen) atoms. The number of hydrogen-bond donors (Lipinski definition) is 0. The summed E-state index contributed by atoms with van der Waals surface area (Å²) in [5.74, 6) is 2.65. The monoisotopic (exact) mass is 282 g/mol. The second kappa shape index (κ2) is 6.11. The minimum absolute atomic E-state index is 0.0160. The van der Waals surface area contributed by atoms with E-state index in [1.54, 1.807) is 0 Å². The molecule has 104 valence electrons. The van der Waals surface area contributed by atoms with Gasteiger partial charge in [0.15, 0.2) is 5.78 Å².